The minimum Gasteiger partial charge on any atom is -0.374 e. The topological polar surface area (TPSA) is 59.5 Å². The summed E-state index contributed by atoms with van der Waals surface area (Å²) >= 11 is 1.86. The van der Waals surface area contributed by atoms with E-state index in [0.717, 1.165) is 32.1 Å². The minimum atomic E-state index is -3.06. The number of thiazole rings is 1. The van der Waals surface area contributed by atoms with Crippen LogP contribution in [0.3, 0.4) is 0 Å². The van der Waals surface area contributed by atoms with Gasteiger partial charge in [-0.25, -0.2) is 13.4 Å². The number of hydrogen-bond acceptors (Lipinski definition) is 6. The average Bonchev–Trinajstić information content (AvgIpc) is 3.14. The molecular weight excluding hydrogens is 452 g/mol. The number of benzene rings is 1. The summed E-state index contributed by atoms with van der Waals surface area (Å²) in [6.45, 7) is 9.41. The van der Waals surface area contributed by atoms with Crippen LogP contribution < -0.4 is 0 Å². The summed E-state index contributed by atoms with van der Waals surface area (Å²) in [7, 11) is -3.06. The highest BCUT2D eigenvalue weighted by molar-refractivity contribution is 7.91. The number of nitrogens with zero attached hydrogens (tertiary/aromatic N) is 2. The molecule has 1 saturated carbocycles. The molecular formula is C26H38N2O3S2. The van der Waals surface area contributed by atoms with Crippen molar-refractivity contribution < 1.29 is 13.2 Å². The summed E-state index contributed by atoms with van der Waals surface area (Å²) in [5.74, 6) is 0.869. The highest BCUT2D eigenvalue weighted by Gasteiger charge is 2.37. The number of sulfone groups is 1. The Morgan fingerprint density at radius 2 is 1.79 bits per heavy atom. The first-order chi connectivity index (χ1) is 15.7. The van der Waals surface area contributed by atoms with Crippen LogP contribution in [0.5, 0.6) is 0 Å². The predicted octanol–water partition coefficient (Wildman–Crippen LogP) is 4.84. The van der Waals surface area contributed by atoms with Gasteiger partial charge in [0.2, 0.25) is 0 Å². The number of ether oxygens (including phenoxy) is 1. The predicted molar refractivity (Wildman–Crippen MR) is 136 cm³/mol. The molecule has 2 fully saturated rings. The normalized spacial score (nSPS) is 27.0. The van der Waals surface area contributed by atoms with Crippen molar-refractivity contribution in [1.29, 1.82) is 0 Å². The molecule has 33 heavy (non-hydrogen) atoms. The van der Waals surface area contributed by atoms with E-state index in [1.807, 2.05) is 11.3 Å². The molecule has 182 valence electrons. The number of aromatic nitrogens is 1. The lowest BCUT2D eigenvalue weighted by molar-refractivity contribution is -0.0755. The summed E-state index contributed by atoms with van der Waals surface area (Å²) < 4.78 is 30.7. The Morgan fingerprint density at radius 1 is 1.09 bits per heavy atom. The molecule has 1 aromatic heterocycles. The molecule has 0 amide bonds. The molecule has 2 aliphatic rings. The molecule has 0 bridgehead atoms. The van der Waals surface area contributed by atoms with Crippen molar-refractivity contribution in [2.45, 2.75) is 83.9 Å². The van der Waals surface area contributed by atoms with Gasteiger partial charge in [-0.2, -0.15) is 0 Å². The van der Waals surface area contributed by atoms with Gasteiger partial charge in [0.05, 0.1) is 29.2 Å². The fourth-order valence-electron chi connectivity index (χ4n) is 5.23. The van der Waals surface area contributed by atoms with Gasteiger partial charge in [-0.05, 0) is 58.4 Å². The Morgan fingerprint density at radius 3 is 2.39 bits per heavy atom. The van der Waals surface area contributed by atoms with Gasteiger partial charge < -0.3 is 4.74 Å². The molecule has 0 unspecified atom stereocenters. The fourth-order valence-corrected chi connectivity index (χ4v) is 7.32. The van der Waals surface area contributed by atoms with E-state index in [1.54, 1.807) is 6.92 Å². The van der Waals surface area contributed by atoms with Crippen LogP contribution in [0.1, 0.15) is 65.2 Å². The summed E-state index contributed by atoms with van der Waals surface area (Å²) in [6, 6.07) is 9.54. The quantitative estimate of drug-likeness (QED) is 0.556. The smallest absolute Gasteiger partial charge is 0.152 e. The van der Waals surface area contributed by atoms with Crippen molar-refractivity contribution in [3.63, 3.8) is 0 Å². The van der Waals surface area contributed by atoms with E-state index in [2.05, 4.69) is 49.9 Å². The second-order valence-corrected chi connectivity index (χ2v) is 13.5. The second kappa shape index (κ2) is 10.5. The fraction of sp³-hybridized carbons (Fsp3) is 0.654. The van der Waals surface area contributed by atoms with Crippen LogP contribution in [-0.4, -0.2) is 61.1 Å². The Bertz CT molecular complexity index is 1000. The molecule has 5 nitrogen and oxygen atoms in total. The van der Waals surface area contributed by atoms with Gasteiger partial charge in [0.25, 0.3) is 0 Å². The van der Waals surface area contributed by atoms with Gasteiger partial charge in [-0.1, -0.05) is 36.8 Å². The standard InChI is InChI=1S/C26H38N2O3S2/c1-5-33(29,30)17-25-15-28(24(16-31-25)14-21-8-6-18(2)7-9-21)23-12-10-22(11-13-23)26-27-19(3)20(4)32-26/h6-9,22-25H,5,10-17H2,1-4H3/t22?,23?,24-,25+/m0/s1. The molecule has 0 spiro atoms. The van der Waals surface area contributed by atoms with Crippen LogP contribution >= 0.6 is 11.3 Å². The van der Waals surface area contributed by atoms with Crippen LogP contribution in [0.4, 0.5) is 0 Å². The third kappa shape index (κ3) is 6.24. The monoisotopic (exact) mass is 490 g/mol. The van der Waals surface area contributed by atoms with Crippen LogP contribution in [0.15, 0.2) is 24.3 Å². The Hall–Kier alpha value is -1.28. The molecule has 7 heteroatoms. The van der Waals surface area contributed by atoms with Gasteiger partial charge >= 0.3 is 0 Å². The van der Waals surface area contributed by atoms with Crippen molar-refractivity contribution in [1.82, 2.24) is 9.88 Å². The van der Waals surface area contributed by atoms with E-state index in [0.29, 0.717) is 31.2 Å². The first kappa shape index (κ1) is 24.8. The van der Waals surface area contributed by atoms with Gasteiger partial charge in [0.1, 0.15) is 0 Å². The van der Waals surface area contributed by atoms with E-state index in [-0.39, 0.29) is 17.6 Å². The number of rotatable bonds is 7. The number of hydrogen-bond donors (Lipinski definition) is 0. The molecule has 1 aromatic carbocycles. The zero-order valence-corrected chi connectivity index (χ0v) is 22.1. The number of morpholine rings is 1. The molecule has 1 aliphatic carbocycles. The van der Waals surface area contributed by atoms with E-state index in [1.165, 1.54) is 26.7 Å². The highest BCUT2D eigenvalue weighted by Crippen LogP contribution is 2.38. The number of aryl methyl sites for hydroxylation is 3. The van der Waals surface area contributed by atoms with E-state index < -0.39 is 9.84 Å². The van der Waals surface area contributed by atoms with E-state index >= 15 is 0 Å². The third-order valence-electron chi connectivity index (χ3n) is 7.44. The summed E-state index contributed by atoms with van der Waals surface area (Å²) in [5.41, 5.74) is 3.76. The molecule has 1 saturated heterocycles. The molecule has 0 N–H and O–H groups in total. The average molecular weight is 491 g/mol. The van der Waals surface area contributed by atoms with Gasteiger partial charge in [-0.15, -0.1) is 11.3 Å². The minimum absolute atomic E-state index is 0.129. The maximum atomic E-state index is 12.3. The maximum Gasteiger partial charge on any atom is 0.152 e. The van der Waals surface area contributed by atoms with Crippen molar-refractivity contribution in [2.24, 2.45) is 0 Å². The lowest BCUT2D eigenvalue weighted by Crippen LogP contribution is -2.56. The van der Waals surface area contributed by atoms with Crippen LogP contribution in [0, 0.1) is 20.8 Å². The van der Waals surface area contributed by atoms with E-state index in [9.17, 15) is 8.42 Å². The Labute approximate surface area is 203 Å². The third-order valence-corrected chi connectivity index (χ3v) is 10.4. The second-order valence-electron chi connectivity index (χ2n) is 9.89. The zero-order chi connectivity index (χ0) is 23.6. The SMILES string of the molecule is CCS(=O)(=O)C[C@H]1CN(C2CCC(c3nc(C)c(C)s3)CC2)[C@@H](Cc2ccc(C)cc2)CO1. The summed E-state index contributed by atoms with van der Waals surface area (Å²) in [5, 5.41) is 1.30. The van der Waals surface area contributed by atoms with Crippen molar-refractivity contribution >= 4 is 21.2 Å². The molecule has 2 heterocycles. The van der Waals surface area contributed by atoms with Gasteiger partial charge in [-0.3, -0.25) is 4.90 Å². The molecule has 1 aliphatic heterocycles. The Kier molecular flexibility index (Phi) is 7.94. The first-order valence-electron chi connectivity index (χ1n) is 12.3. The van der Waals surface area contributed by atoms with Crippen LogP contribution in [-0.2, 0) is 21.0 Å². The maximum absolute atomic E-state index is 12.3. The molecule has 4 rings (SSSR count). The van der Waals surface area contributed by atoms with Crippen molar-refractivity contribution in [3.05, 3.63) is 51.0 Å². The largest absolute Gasteiger partial charge is 0.374 e. The molecule has 2 atom stereocenters. The highest BCUT2D eigenvalue weighted by atomic mass is 32.2. The lowest BCUT2D eigenvalue weighted by Gasteiger charge is -2.46. The first-order valence-corrected chi connectivity index (χ1v) is 14.9. The zero-order valence-electron chi connectivity index (χ0n) is 20.4. The summed E-state index contributed by atoms with van der Waals surface area (Å²) in [4.78, 5) is 8.75. The van der Waals surface area contributed by atoms with Crippen molar-refractivity contribution in [3.8, 4) is 0 Å². The van der Waals surface area contributed by atoms with Crippen LogP contribution in [0.25, 0.3) is 0 Å². The summed E-state index contributed by atoms with van der Waals surface area (Å²) in [6.07, 6.45) is 5.30. The lowest BCUT2D eigenvalue weighted by atomic mass is 9.84. The Balaban J connectivity index is 1.46. The van der Waals surface area contributed by atoms with E-state index in [4.69, 9.17) is 9.72 Å². The molecule has 0 radical (unpaired) electrons. The van der Waals surface area contributed by atoms with Crippen molar-refractivity contribution in [2.75, 3.05) is 24.7 Å². The van der Waals surface area contributed by atoms with Crippen LogP contribution in [0.2, 0.25) is 0 Å². The van der Waals surface area contributed by atoms with Gasteiger partial charge in [0.15, 0.2) is 9.84 Å². The van der Waals surface area contributed by atoms with Gasteiger partial charge in [0, 0.05) is 35.2 Å². The molecule has 2 aromatic rings.